The Labute approximate surface area is 135 Å². The fraction of sp³-hybridized carbons (Fsp3) is 0.500. The minimum atomic E-state index is -1.96. The van der Waals surface area contributed by atoms with Crippen LogP contribution < -0.4 is 20.4 Å². The van der Waals surface area contributed by atoms with Crippen LogP contribution in [0.25, 0.3) is 0 Å². The van der Waals surface area contributed by atoms with Crippen LogP contribution in [0.2, 0.25) is 0 Å². The van der Waals surface area contributed by atoms with Gasteiger partial charge in [-0.1, -0.05) is 0 Å². The second-order valence-corrected chi connectivity index (χ2v) is 2.82. The summed E-state index contributed by atoms with van der Waals surface area (Å²) < 4.78 is 0. The molecule has 0 aromatic carbocycles. The molecule has 0 bridgehead atoms. The van der Waals surface area contributed by atoms with Gasteiger partial charge in [-0.25, -0.2) is 0 Å². The van der Waals surface area contributed by atoms with Crippen LogP contribution in [0.4, 0.5) is 0 Å². The first-order valence-corrected chi connectivity index (χ1v) is 4.25. The third-order valence-electron chi connectivity index (χ3n) is 1.26. The molecule has 0 aromatic heterocycles. The number of hydrogen-bond donors (Lipinski definition) is 2. The van der Waals surface area contributed by atoms with Crippen molar-refractivity contribution in [2.75, 3.05) is 0 Å². The van der Waals surface area contributed by atoms with Crippen molar-refractivity contribution >= 4 is 23.9 Å². The molecule has 10 nitrogen and oxygen atoms in total. The molecule has 0 saturated carbocycles. The molecule has 0 rings (SSSR count). The van der Waals surface area contributed by atoms with Crippen molar-refractivity contribution in [1.29, 1.82) is 0 Å². The number of rotatable bonds is 6. The molecule has 0 fully saturated rings. The summed E-state index contributed by atoms with van der Waals surface area (Å²) in [6.45, 7) is 0. The Hall–Kier alpha value is -1.06. The van der Waals surface area contributed by atoms with E-state index in [2.05, 4.69) is 0 Å². The Morgan fingerprint density at radius 2 is 0.950 bits per heavy atom. The fourth-order valence-corrected chi connectivity index (χ4v) is 0.482. The van der Waals surface area contributed by atoms with Gasteiger partial charge in [0.25, 0.3) is 0 Å². The van der Waals surface area contributed by atoms with Crippen molar-refractivity contribution < 1.29 is 86.4 Å². The van der Waals surface area contributed by atoms with Gasteiger partial charge < -0.3 is 49.8 Å². The maximum absolute atomic E-state index is 9.58. The minimum absolute atomic E-state index is 0. The largest absolute Gasteiger partial charge is 2.00 e. The number of carboxylic acids is 4. The maximum atomic E-state index is 9.58. The van der Waals surface area contributed by atoms with E-state index in [9.17, 15) is 39.6 Å². The van der Waals surface area contributed by atoms with Crippen molar-refractivity contribution in [3.8, 4) is 0 Å². The third kappa shape index (κ3) is 19.3. The number of aliphatic hydroxyl groups is 2. The zero-order valence-corrected chi connectivity index (χ0v) is 13.6. The van der Waals surface area contributed by atoms with Gasteiger partial charge in [0.2, 0.25) is 0 Å². The SMILES string of the molecule is O=C([O-])CC(O)C(=O)[O-].O=C([O-])CC(O)C(=O)[O-].[Cu+2].[Zn+2]. The summed E-state index contributed by atoms with van der Waals surface area (Å²) in [6.07, 6.45) is -5.78. The zero-order valence-electron chi connectivity index (χ0n) is 9.74. The van der Waals surface area contributed by atoms with Gasteiger partial charge in [0.1, 0.15) is 0 Å². The molecule has 20 heavy (non-hydrogen) atoms. The van der Waals surface area contributed by atoms with Gasteiger partial charge >= 0.3 is 36.5 Å². The van der Waals surface area contributed by atoms with E-state index in [4.69, 9.17) is 10.2 Å². The molecule has 0 heterocycles. The maximum Gasteiger partial charge on any atom is 2.00 e. The molecule has 0 aliphatic carbocycles. The second-order valence-electron chi connectivity index (χ2n) is 2.82. The van der Waals surface area contributed by atoms with E-state index in [1.165, 1.54) is 0 Å². The van der Waals surface area contributed by atoms with Crippen molar-refractivity contribution in [2.24, 2.45) is 0 Å². The quantitative estimate of drug-likeness (QED) is 0.408. The molecule has 12 heteroatoms. The number of aliphatic carboxylic acids is 4. The van der Waals surface area contributed by atoms with Crippen molar-refractivity contribution in [2.45, 2.75) is 25.0 Å². The number of carboxylic acid groups (broad SMARTS) is 4. The predicted molar refractivity (Wildman–Crippen MR) is 41.3 cm³/mol. The van der Waals surface area contributed by atoms with Crippen LogP contribution in [-0.2, 0) is 55.7 Å². The van der Waals surface area contributed by atoms with Crippen LogP contribution in [0.1, 0.15) is 12.8 Å². The molecule has 113 valence electrons. The Balaban J connectivity index is -0.000000116. The van der Waals surface area contributed by atoms with Crippen LogP contribution >= 0.6 is 0 Å². The number of carbonyl (C=O) groups excluding carboxylic acids is 4. The predicted octanol–water partition coefficient (Wildman–Crippen LogP) is -7.53. The van der Waals surface area contributed by atoms with Gasteiger partial charge in [-0.2, -0.15) is 0 Å². The van der Waals surface area contributed by atoms with Gasteiger partial charge in [0.05, 0.1) is 24.1 Å². The smallest absolute Gasteiger partial charge is 0.550 e. The van der Waals surface area contributed by atoms with Gasteiger partial charge in [0, 0.05) is 24.8 Å². The van der Waals surface area contributed by atoms with Crippen molar-refractivity contribution in [1.82, 2.24) is 0 Å². The van der Waals surface area contributed by atoms with Crippen LogP contribution in [0.5, 0.6) is 0 Å². The topological polar surface area (TPSA) is 201 Å². The molecular formula is C8H8CuO10Zn. The van der Waals surface area contributed by atoms with Crippen LogP contribution in [0, 0.1) is 0 Å². The number of hydrogen-bond acceptors (Lipinski definition) is 10. The molecule has 0 aliphatic heterocycles. The Morgan fingerprint density at radius 3 is 1.00 bits per heavy atom. The van der Waals surface area contributed by atoms with Crippen molar-refractivity contribution in [3.05, 3.63) is 0 Å². The summed E-state index contributed by atoms with van der Waals surface area (Å²) in [6, 6.07) is 0. The first-order valence-electron chi connectivity index (χ1n) is 4.25. The Bertz CT molecular complexity index is 301. The third-order valence-corrected chi connectivity index (χ3v) is 1.26. The number of carbonyl (C=O) groups is 4. The summed E-state index contributed by atoms with van der Waals surface area (Å²) in [5.74, 6) is -6.85. The second kappa shape index (κ2) is 14.4. The van der Waals surface area contributed by atoms with Crippen LogP contribution in [0.3, 0.4) is 0 Å². The average Bonchev–Trinajstić information content (AvgIpc) is 2.16. The molecule has 1 radical (unpaired) electrons. The molecule has 2 unspecified atom stereocenters. The normalized spacial score (nSPS) is 11.3. The van der Waals surface area contributed by atoms with E-state index in [1.54, 1.807) is 0 Å². The fourth-order valence-electron chi connectivity index (χ4n) is 0.482. The molecule has 0 spiro atoms. The zero-order chi connectivity index (χ0) is 14.9. The summed E-state index contributed by atoms with van der Waals surface area (Å²) in [5, 5.41) is 54.7. The standard InChI is InChI=1S/2C4H6O5.Cu.Zn/c2*5-2(4(8)9)1-3(6)7;;/h2*2,5H,1H2,(H,6,7)(H,8,9);;/q;;2*+2/p-4. The van der Waals surface area contributed by atoms with E-state index in [0.29, 0.717) is 0 Å². The minimum Gasteiger partial charge on any atom is -0.550 e. The van der Waals surface area contributed by atoms with Gasteiger partial charge in [-0.05, 0) is 0 Å². The van der Waals surface area contributed by atoms with Crippen LogP contribution in [0.15, 0.2) is 0 Å². The van der Waals surface area contributed by atoms with Gasteiger partial charge in [-0.15, -0.1) is 0 Å². The van der Waals surface area contributed by atoms with Crippen molar-refractivity contribution in [3.63, 3.8) is 0 Å². The number of aliphatic hydroxyl groups excluding tert-OH is 2. The molecule has 2 atom stereocenters. The Morgan fingerprint density at radius 1 is 0.750 bits per heavy atom. The molecule has 0 saturated heterocycles. The summed E-state index contributed by atoms with van der Waals surface area (Å²) in [4.78, 5) is 38.3. The first-order chi connectivity index (χ1) is 8.07. The summed E-state index contributed by atoms with van der Waals surface area (Å²) in [7, 11) is 0. The molecular weight excluding hydrogens is 385 g/mol. The van der Waals surface area contributed by atoms with Crippen LogP contribution in [-0.4, -0.2) is 46.3 Å². The van der Waals surface area contributed by atoms with E-state index < -0.39 is 48.9 Å². The molecule has 0 aromatic rings. The summed E-state index contributed by atoms with van der Waals surface area (Å²) in [5.41, 5.74) is 0. The summed E-state index contributed by atoms with van der Waals surface area (Å²) >= 11 is 0. The Kier molecular flexibility index (Phi) is 19.6. The first kappa shape index (κ1) is 27.3. The van der Waals surface area contributed by atoms with E-state index in [-0.39, 0.29) is 36.5 Å². The molecule has 2 N–H and O–H groups in total. The van der Waals surface area contributed by atoms with E-state index in [0.717, 1.165) is 0 Å². The van der Waals surface area contributed by atoms with E-state index >= 15 is 0 Å². The molecule has 0 aliphatic rings. The van der Waals surface area contributed by atoms with Gasteiger partial charge in [0.15, 0.2) is 0 Å². The average molecular weight is 393 g/mol. The van der Waals surface area contributed by atoms with E-state index in [1.807, 2.05) is 0 Å². The van der Waals surface area contributed by atoms with Gasteiger partial charge in [-0.3, -0.25) is 0 Å². The molecule has 0 amide bonds. The monoisotopic (exact) mass is 391 g/mol.